The van der Waals surface area contributed by atoms with Crippen molar-refractivity contribution >= 4 is 28.8 Å². The number of aliphatic hydroxyl groups excluding tert-OH is 1. The summed E-state index contributed by atoms with van der Waals surface area (Å²) >= 11 is 7.46. The van der Waals surface area contributed by atoms with E-state index in [4.69, 9.17) is 11.6 Å². The van der Waals surface area contributed by atoms with E-state index in [2.05, 4.69) is 0 Å². The van der Waals surface area contributed by atoms with Crippen molar-refractivity contribution in [2.75, 3.05) is 13.1 Å². The third-order valence-electron chi connectivity index (χ3n) is 3.30. The minimum atomic E-state index is -0.424. The van der Waals surface area contributed by atoms with Crippen LogP contribution >= 0.6 is 22.9 Å². The molecule has 94 valence electrons. The van der Waals surface area contributed by atoms with Crippen LogP contribution in [0.4, 0.5) is 0 Å². The molecule has 1 aliphatic rings. The highest BCUT2D eigenvalue weighted by atomic mass is 35.5. The number of carbonyl (C=O) groups excluding carboxylic acids is 1. The zero-order valence-electron chi connectivity index (χ0n) is 9.94. The second-order valence-corrected chi connectivity index (χ2v) is 5.90. The summed E-state index contributed by atoms with van der Waals surface area (Å²) < 4.78 is 0. The first-order valence-electron chi connectivity index (χ1n) is 5.71. The van der Waals surface area contributed by atoms with Gasteiger partial charge in [-0.15, -0.1) is 11.3 Å². The highest BCUT2D eigenvalue weighted by Gasteiger charge is 2.29. The van der Waals surface area contributed by atoms with Crippen molar-refractivity contribution < 1.29 is 9.90 Å². The molecule has 0 radical (unpaired) electrons. The summed E-state index contributed by atoms with van der Waals surface area (Å²) in [6.45, 7) is 5.01. The Bertz CT molecular complexity index is 432. The van der Waals surface area contributed by atoms with Crippen LogP contribution < -0.4 is 0 Å². The lowest BCUT2D eigenvalue weighted by Gasteiger charge is -2.34. The Morgan fingerprint density at radius 3 is 2.88 bits per heavy atom. The molecule has 2 heterocycles. The Balaban J connectivity index is 2.13. The molecule has 0 aliphatic carbocycles. The van der Waals surface area contributed by atoms with Gasteiger partial charge >= 0.3 is 0 Å². The third kappa shape index (κ3) is 2.49. The molecule has 1 aromatic rings. The lowest BCUT2D eigenvalue weighted by atomic mass is 9.96. The highest BCUT2D eigenvalue weighted by molar-refractivity contribution is 7.13. The quantitative estimate of drug-likeness (QED) is 0.854. The van der Waals surface area contributed by atoms with Crippen molar-refractivity contribution in [1.82, 2.24) is 4.90 Å². The maximum Gasteiger partial charge on any atom is 0.265 e. The number of hydrogen-bond donors (Lipinski definition) is 1. The van der Waals surface area contributed by atoms with Gasteiger partial charge in [0.2, 0.25) is 0 Å². The van der Waals surface area contributed by atoms with Gasteiger partial charge in [0.15, 0.2) is 0 Å². The number of aliphatic hydroxyl groups is 1. The van der Waals surface area contributed by atoms with Gasteiger partial charge in [-0.25, -0.2) is 0 Å². The summed E-state index contributed by atoms with van der Waals surface area (Å²) in [6, 6.07) is 0. The van der Waals surface area contributed by atoms with Gasteiger partial charge in [0.25, 0.3) is 5.91 Å². The first kappa shape index (κ1) is 12.9. The molecule has 0 aromatic carbocycles. The van der Waals surface area contributed by atoms with E-state index < -0.39 is 6.10 Å². The molecule has 0 spiro atoms. The van der Waals surface area contributed by atoms with Crippen LogP contribution in [0.15, 0.2) is 5.38 Å². The van der Waals surface area contributed by atoms with E-state index in [1.165, 1.54) is 11.3 Å². The predicted octanol–water partition coefficient (Wildman–Crippen LogP) is 2.55. The fourth-order valence-corrected chi connectivity index (χ4v) is 3.19. The Morgan fingerprint density at radius 2 is 2.35 bits per heavy atom. The molecule has 5 heteroatoms. The molecule has 0 bridgehead atoms. The van der Waals surface area contributed by atoms with Crippen LogP contribution in [0.2, 0.25) is 5.02 Å². The normalized spacial score (nSPS) is 25.1. The number of piperidine rings is 1. The van der Waals surface area contributed by atoms with Crippen molar-refractivity contribution in [3.63, 3.8) is 0 Å². The zero-order valence-corrected chi connectivity index (χ0v) is 11.5. The molecule has 2 atom stereocenters. The number of β-amino-alcohol motifs (C(OH)–C–C–N with tert-alkyl or cyclic N) is 1. The number of thiophene rings is 1. The van der Waals surface area contributed by atoms with Gasteiger partial charge in [-0.2, -0.15) is 0 Å². The number of likely N-dealkylation sites (tertiary alicyclic amines) is 1. The van der Waals surface area contributed by atoms with E-state index in [1.807, 2.05) is 19.2 Å². The summed E-state index contributed by atoms with van der Waals surface area (Å²) in [5.74, 6) is 0.207. The molecule has 1 amide bonds. The fourth-order valence-electron chi connectivity index (χ4n) is 1.95. The van der Waals surface area contributed by atoms with Crippen LogP contribution in [0.1, 0.15) is 28.6 Å². The van der Waals surface area contributed by atoms with Crippen molar-refractivity contribution in [1.29, 1.82) is 0 Å². The Hall–Kier alpha value is -0.580. The van der Waals surface area contributed by atoms with E-state index in [0.717, 1.165) is 12.0 Å². The number of carbonyl (C=O) groups is 1. The molecule has 2 rings (SSSR count). The summed E-state index contributed by atoms with van der Waals surface area (Å²) in [4.78, 5) is 14.5. The van der Waals surface area contributed by atoms with E-state index in [9.17, 15) is 9.90 Å². The van der Waals surface area contributed by atoms with Crippen molar-refractivity contribution in [3.8, 4) is 0 Å². The van der Waals surface area contributed by atoms with Gasteiger partial charge < -0.3 is 10.0 Å². The van der Waals surface area contributed by atoms with Crippen LogP contribution in [0.25, 0.3) is 0 Å². The average molecular weight is 274 g/mol. The highest BCUT2D eigenvalue weighted by Crippen LogP contribution is 2.29. The molecular formula is C12H16ClNO2S. The average Bonchev–Trinajstić information content (AvgIpc) is 2.63. The van der Waals surface area contributed by atoms with Crippen LogP contribution in [0.5, 0.6) is 0 Å². The number of aryl methyl sites for hydroxylation is 1. The van der Waals surface area contributed by atoms with Gasteiger partial charge in [-0.05, 0) is 30.2 Å². The third-order valence-corrected chi connectivity index (χ3v) is 4.98. The second kappa shape index (κ2) is 4.96. The molecule has 1 aliphatic heterocycles. The summed E-state index contributed by atoms with van der Waals surface area (Å²) in [6.07, 6.45) is 0.419. The number of rotatable bonds is 1. The van der Waals surface area contributed by atoms with Gasteiger partial charge in [-0.1, -0.05) is 18.5 Å². The van der Waals surface area contributed by atoms with Crippen molar-refractivity contribution in [3.05, 3.63) is 20.8 Å². The van der Waals surface area contributed by atoms with Gasteiger partial charge in [0.05, 0.1) is 11.1 Å². The summed E-state index contributed by atoms with van der Waals surface area (Å²) in [5, 5.41) is 12.2. The molecule has 1 fully saturated rings. The summed E-state index contributed by atoms with van der Waals surface area (Å²) in [7, 11) is 0. The maximum atomic E-state index is 12.2. The maximum absolute atomic E-state index is 12.2. The minimum absolute atomic E-state index is 0.0564. The monoisotopic (exact) mass is 273 g/mol. The van der Waals surface area contributed by atoms with Crippen molar-refractivity contribution in [2.24, 2.45) is 5.92 Å². The van der Waals surface area contributed by atoms with Crippen molar-refractivity contribution in [2.45, 2.75) is 26.4 Å². The lowest BCUT2D eigenvalue weighted by Crippen LogP contribution is -2.45. The first-order chi connectivity index (χ1) is 8.00. The fraction of sp³-hybridized carbons (Fsp3) is 0.583. The number of hydrogen-bond acceptors (Lipinski definition) is 3. The molecule has 1 N–H and O–H groups in total. The number of halogens is 1. The standard InChI is InChI=1S/C12H16ClNO2S/c1-7-3-4-14(5-9(7)15)12(16)11-10(13)8(2)6-17-11/h6-7,9,15H,3-5H2,1-2H3. The Morgan fingerprint density at radius 1 is 1.65 bits per heavy atom. The molecule has 2 unspecified atom stereocenters. The van der Waals surface area contributed by atoms with Crippen LogP contribution in [-0.4, -0.2) is 35.1 Å². The Kier molecular flexibility index (Phi) is 3.76. The van der Waals surface area contributed by atoms with Crippen LogP contribution in [0, 0.1) is 12.8 Å². The second-order valence-electron chi connectivity index (χ2n) is 4.65. The van der Waals surface area contributed by atoms with E-state index >= 15 is 0 Å². The molecular weight excluding hydrogens is 258 g/mol. The largest absolute Gasteiger partial charge is 0.391 e. The van der Waals surface area contributed by atoms with Gasteiger partial charge in [0, 0.05) is 13.1 Å². The van der Waals surface area contributed by atoms with Crippen LogP contribution in [0.3, 0.4) is 0 Å². The number of amides is 1. The minimum Gasteiger partial charge on any atom is -0.391 e. The van der Waals surface area contributed by atoms with E-state index in [0.29, 0.717) is 23.0 Å². The summed E-state index contributed by atoms with van der Waals surface area (Å²) in [5.41, 5.74) is 0.936. The zero-order chi connectivity index (χ0) is 12.6. The van der Waals surface area contributed by atoms with Gasteiger partial charge in [0.1, 0.15) is 4.88 Å². The Labute approximate surface area is 110 Å². The van der Waals surface area contributed by atoms with E-state index in [-0.39, 0.29) is 11.8 Å². The number of nitrogens with zero attached hydrogens (tertiary/aromatic N) is 1. The van der Waals surface area contributed by atoms with Gasteiger partial charge in [-0.3, -0.25) is 4.79 Å². The molecule has 1 aromatic heterocycles. The SMILES string of the molecule is Cc1csc(C(=O)N2CCC(C)C(O)C2)c1Cl. The van der Waals surface area contributed by atoms with E-state index in [1.54, 1.807) is 4.90 Å². The topological polar surface area (TPSA) is 40.5 Å². The first-order valence-corrected chi connectivity index (χ1v) is 6.97. The van der Waals surface area contributed by atoms with Crippen LogP contribution in [-0.2, 0) is 0 Å². The molecule has 17 heavy (non-hydrogen) atoms. The predicted molar refractivity (Wildman–Crippen MR) is 69.8 cm³/mol. The smallest absolute Gasteiger partial charge is 0.265 e. The lowest BCUT2D eigenvalue weighted by molar-refractivity contribution is 0.0251. The molecule has 0 saturated carbocycles. The molecule has 3 nitrogen and oxygen atoms in total. The molecule has 1 saturated heterocycles.